The van der Waals surface area contributed by atoms with Gasteiger partial charge in [0.2, 0.25) is 0 Å². The number of aliphatic carboxylic acids is 1. The van der Waals surface area contributed by atoms with Crippen LogP contribution in [0.15, 0.2) is 24.3 Å². The van der Waals surface area contributed by atoms with Gasteiger partial charge in [0.05, 0.1) is 5.92 Å². The van der Waals surface area contributed by atoms with Crippen molar-refractivity contribution in [2.24, 2.45) is 5.92 Å². The summed E-state index contributed by atoms with van der Waals surface area (Å²) in [6.45, 7) is 5.34. The quantitative estimate of drug-likeness (QED) is 0.821. The molecule has 0 saturated heterocycles. The van der Waals surface area contributed by atoms with Gasteiger partial charge < -0.3 is 10.0 Å². The third kappa shape index (κ3) is 4.57. The average Bonchev–Trinajstić information content (AvgIpc) is 2.27. The first-order chi connectivity index (χ1) is 8.00. The number of carbonyl (C=O) groups is 1. The summed E-state index contributed by atoms with van der Waals surface area (Å²) in [6.07, 6.45) is 0.968. The Morgan fingerprint density at radius 1 is 1.41 bits per heavy atom. The summed E-state index contributed by atoms with van der Waals surface area (Å²) in [5, 5.41) is 8.83. The normalized spacial score (nSPS) is 12.7. The van der Waals surface area contributed by atoms with Crippen molar-refractivity contribution in [2.75, 3.05) is 20.1 Å². The predicted octanol–water partition coefficient (Wildman–Crippen LogP) is 2.19. The van der Waals surface area contributed by atoms with E-state index >= 15 is 0 Å². The third-order valence-electron chi connectivity index (χ3n) is 3.03. The van der Waals surface area contributed by atoms with Crippen LogP contribution in [0.4, 0.5) is 0 Å². The molecule has 0 aliphatic rings. The number of aryl methyl sites for hydroxylation is 1. The summed E-state index contributed by atoms with van der Waals surface area (Å²) < 4.78 is 0. The van der Waals surface area contributed by atoms with Crippen LogP contribution >= 0.6 is 0 Å². The maximum absolute atomic E-state index is 10.7. The van der Waals surface area contributed by atoms with E-state index in [0.29, 0.717) is 6.54 Å². The van der Waals surface area contributed by atoms with E-state index in [1.54, 1.807) is 6.92 Å². The molecule has 1 rings (SSSR count). The van der Waals surface area contributed by atoms with Crippen LogP contribution in [-0.2, 0) is 11.2 Å². The van der Waals surface area contributed by atoms with Crippen molar-refractivity contribution in [1.82, 2.24) is 4.90 Å². The fourth-order valence-corrected chi connectivity index (χ4v) is 1.84. The summed E-state index contributed by atoms with van der Waals surface area (Å²) in [6, 6.07) is 8.32. The fourth-order valence-electron chi connectivity index (χ4n) is 1.84. The van der Waals surface area contributed by atoms with Gasteiger partial charge in [-0.1, -0.05) is 31.2 Å². The molecule has 1 atom stereocenters. The van der Waals surface area contributed by atoms with E-state index in [-0.39, 0.29) is 5.92 Å². The molecule has 1 N–H and O–H groups in total. The number of likely N-dealkylation sites (N-methyl/N-ethyl adjacent to an activating group) is 1. The van der Waals surface area contributed by atoms with Crippen LogP contribution in [0.3, 0.4) is 0 Å². The Kier molecular flexibility index (Phi) is 5.16. The van der Waals surface area contributed by atoms with Crippen LogP contribution in [0.5, 0.6) is 0 Å². The van der Waals surface area contributed by atoms with Crippen LogP contribution < -0.4 is 0 Å². The van der Waals surface area contributed by atoms with Gasteiger partial charge in [0.15, 0.2) is 0 Å². The van der Waals surface area contributed by atoms with Crippen molar-refractivity contribution in [3.8, 4) is 0 Å². The van der Waals surface area contributed by atoms with Crippen LogP contribution in [-0.4, -0.2) is 36.1 Å². The molecule has 17 heavy (non-hydrogen) atoms. The van der Waals surface area contributed by atoms with E-state index in [0.717, 1.165) is 13.0 Å². The number of nitrogens with zero attached hydrogens (tertiary/aromatic N) is 1. The smallest absolute Gasteiger partial charge is 0.307 e. The lowest BCUT2D eigenvalue weighted by atomic mass is 10.1. The lowest BCUT2D eigenvalue weighted by molar-refractivity contribution is -0.141. The molecule has 0 fully saturated rings. The second-order valence-electron chi connectivity index (χ2n) is 4.68. The molecule has 0 aromatic heterocycles. The van der Waals surface area contributed by atoms with Gasteiger partial charge in [-0.3, -0.25) is 4.79 Å². The largest absolute Gasteiger partial charge is 0.481 e. The highest BCUT2D eigenvalue weighted by molar-refractivity contribution is 5.69. The molecule has 3 nitrogen and oxygen atoms in total. The molecule has 0 saturated carbocycles. The van der Waals surface area contributed by atoms with Gasteiger partial charge in [0.1, 0.15) is 0 Å². The fraction of sp³-hybridized carbons (Fsp3) is 0.500. The number of carboxylic acids is 1. The highest BCUT2D eigenvalue weighted by atomic mass is 16.4. The van der Waals surface area contributed by atoms with Gasteiger partial charge in [-0.15, -0.1) is 0 Å². The van der Waals surface area contributed by atoms with Gasteiger partial charge in [-0.25, -0.2) is 0 Å². The zero-order valence-electron chi connectivity index (χ0n) is 10.8. The van der Waals surface area contributed by atoms with E-state index in [1.165, 1.54) is 11.1 Å². The molecular weight excluding hydrogens is 214 g/mol. The van der Waals surface area contributed by atoms with Gasteiger partial charge >= 0.3 is 5.97 Å². The number of benzene rings is 1. The van der Waals surface area contributed by atoms with Crippen molar-refractivity contribution in [1.29, 1.82) is 0 Å². The molecular formula is C14H21NO2. The second-order valence-corrected chi connectivity index (χ2v) is 4.68. The van der Waals surface area contributed by atoms with Crippen molar-refractivity contribution in [3.05, 3.63) is 35.4 Å². The van der Waals surface area contributed by atoms with Crippen LogP contribution in [0.25, 0.3) is 0 Å². The summed E-state index contributed by atoms with van der Waals surface area (Å²) in [7, 11) is 1.97. The molecule has 94 valence electrons. The maximum atomic E-state index is 10.7. The van der Waals surface area contributed by atoms with Gasteiger partial charge in [0, 0.05) is 13.1 Å². The van der Waals surface area contributed by atoms with E-state index in [9.17, 15) is 4.79 Å². The lowest BCUT2D eigenvalue weighted by Crippen LogP contribution is -2.30. The highest BCUT2D eigenvalue weighted by Gasteiger charge is 2.13. The summed E-state index contributed by atoms with van der Waals surface area (Å²) in [5.41, 5.74) is 2.63. The van der Waals surface area contributed by atoms with Gasteiger partial charge in [0.25, 0.3) is 0 Å². The van der Waals surface area contributed by atoms with E-state index in [1.807, 2.05) is 19.2 Å². The molecule has 1 aromatic rings. The minimum absolute atomic E-state index is 0.308. The molecule has 3 heteroatoms. The third-order valence-corrected chi connectivity index (χ3v) is 3.03. The molecule has 0 amide bonds. The van der Waals surface area contributed by atoms with Crippen molar-refractivity contribution < 1.29 is 9.90 Å². The number of carboxylic acid groups (broad SMARTS) is 1. The molecule has 1 unspecified atom stereocenters. The monoisotopic (exact) mass is 235 g/mol. The Hall–Kier alpha value is -1.35. The zero-order valence-corrected chi connectivity index (χ0v) is 10.8. The van der Waals surface area contributed by atoms with E-state index in [2.05, 4.69) is 24.0 Å². The molecule has 0 aliphatic carbocycles. The van der Waals surface area contributed by atoms with Crippen molar-refractivity contribution in [2.45, 2.75) is 20.3 Å². The Bertz CT molecular complexity index is 376. The lowest BCUT2D eigenvalue weighted by Gasteiger charge is -2.19. The van der Waals surface area contributed by atoms with E-state index in [4.69, 9.17) is 5.11 Å². The molecule has 1 aromatic carbocycles. The SMILES string of the molecule is Cc1ccccc1CCN(C)CC(C)C(=O)O. The highest BCUT2D eigenvalue weighted by Crippen LogP contribution is 2.08. The molecule has 0 bridgehead atoms. The van der Waals surface area contributed by atoms with Gasteiger partial charge in [-0.2, -0.15) is 0 Å². The molecule has 0 radical (unpaired) electrons. The first-order valence-corrected chi connectivity index (χ1v) is 5.96. The summed E-state index contributed by atoms with van der Waals surface area (Å²) >= 11 is 0. The summed E-state index contributed by atoms with van der Waals surface area (Å²) in [4.78, 5) is 12.8. The Labute approximate surface area is 103 Å². The molecule has 0 heterocycles. The molecule has 0 spiro atoms. The predicted molar refractivity (Wildman–Crippen MR) is 69.2 cm³/mol. The summed E-state index contributed by atoms with van der Waals surface area (Å²) in [5.74, 6) is -1.04. The number of hydrogen-bond acceptors (Lipinski definition) is 2. The standard InChI is InChI=1S/C14H21NO2/c1-11-6-4-5-7-13(11)8-9-15(3)10-12(2)14(16)17/h4-7,12H,8-10H2,1-3H3,(H,16,17). The van der Waals surface area contributed by atoms with Crippen LogP contribution in [0, 0.1) is 12.8 Å². The first kappa shape index (κ1) is 13.7. The Balaban J connectivity index is 2.41. The first-order valence-electron chi connectivity index (χ1n) is 5.96. The number of hydrogen-bond donors (Lipinski definition) is 1. The topological polar surface area (TPSA) is 40.5 Å². The Morgan fingerprint density at radius 2 is 2.06 bits per heavy atom. The zero-order chi connectivity index (χ0) is 12.8. The van der Waals surface area contributed by atoms with Crippen LogP contribution in [0.2, 0.25) is 0 Å². The minimum Gasteiger partial charge on any atom is -0.481 e. The average molecular weight is 235 g/mol. The van der Waals surface area contributed by atoms with Crippen molar-refractivity contribution >= 4 is 5.97 Å². The van der Waals surface area contributed by atoms with Crippen molar-refractivity contribution in [3.63, 3.8) is 0 Å². The minimum atomic E-state index is -0.729. The Morgan fingerprint density at radius 3 is 2.65 bits per heavy atom. The number of rotatable bonds is 6. The van der Waals surface area contributed by atoms with Gasteiger partial charge in [-0.05, 0) is 31.5 Å². The van der Waals surface area contributed by atoms with E-state index < -0.39 is 5.97 Å². The maximum Gasteiger partial charge on any atom is 0.307 e. The second kappa shape index (κ2) is 6.40. The molecule has 0 aliphatic heterocycles. The van der Waals surface area contributed by atoms with Crippen LogP contribution in [0.1, 0.15) is 18.1 Å².